The average molecular weight is 425 g/mol. The van der Waals surface area contributed by atoms with E-state index in [9.17, 15) is 10.1 Å². The van der Waals surface area contributed by atoms with E-state index in [0.29, 0.717) is 23.7 Å². The van der Waals surface area contributed by atoms with Crippen molar-refractivity contribution in [2.75, 3.05) is 7.11 Å². The van der Waals surface area contributed by atoms with Crippen LogP contribution >= 0.6 is 22.6 Å². The summed E-state index contributed by atoms with van der Waals surface area (Å²) in [6, 6.07) is 11.6. The fourth-order valence-electron chi connectivity index (χ4n) is 1.96. The number of nitro groups is 1. The van der Waals surface area contributed by atoms with E-state index in [4.69, 9.17) is 9.47 Å². The maximum absolute atomic E-state index is 10.4. The molecule has 0 fully saturated rings. The Morgan fingerprint density at radius 2 is 1.96 bits per heavy atom. The summed E-state index contributed by atoms with van der Waals surface area (Å²) in [7, 11) is 1.55. The Hall–Kier alpha value is -2.09. The summed E-state index contributed by atoms with van der Waals surface area (Å²) in [5.74, 6) is 1.18. The normalized spacial score (nSPS) is 10.7. The van der Waals surface area contributed by atoms with Gasteiger partial charge in [0, 0.05) is 6.08 Å². The van der Waals surface area contributed by atoms with Gasteiger partial charge in [-0.25, -0.2) is 0 Å². The number of ether oxygens (including phenoxy) is 2. The molecule has 0 amide bonds. The molecule has 5 nitrogen and oxygen atoms in total. The topological polar surface area (TPSA) is 61.6 Å². The molecule has 0 aliphatic rings. The van der Waals surface area contributed by atoms with Crippen LogP contribution in [0.3, 0.4) is 0 Å². The van der Waals surface area contributed by atoms with Gasteiger partial charge in [0.2, 0.25) is 6.20 Å². The van der Waals surface area contributed by atoms with E-state index in [1.54, 1.807) is 13.2 Å². The third-order valence-corrected chi connectivity index (χ3v) is 3.95. The second-order valence-electron chi connectivity index (χ2n) is 4.91. The van der Waals surface area contributed by atoms with E-state index in [1.807, 2.05) is 37.3 Å². The number of rotatable bonds is 6. The Bertz CT molecular complexity index is 726. The molecule has 2 aromatic rings. The number of benzene rings is 2. The Balaban J connectivity index is 2.20. The molecular formula is C17H16INO4. The lowest BCUT2D eigenvalue weighted by Gasteiger charge is -2.13. The molecule has 0 radical (unpaired) electrons. The molecule has 0 saturated heterocycles. The van der Waals surface area contributed by atoms with Gasteiger partial charge in [0.15, 0.2) is 11.5 Å². The molecule has 2 aromatic carbocycles. The summed E-state index contributed by atoms with van der Waals surface area (Å²) in [5, 5.41) is 10.4. The van der Waals surface area contributed by atoms with Crippen LogP contribution in [-0.2, 0) is 6.61 Å². The van der Waals surface area contributed by atoms with Gasteiger partial charge in [0.1, 0.15) is 6.61 Å². The highest BCUT2D eigenvalue weighted by molar-refractivity contribution is 14.1. The lowest BCUT2D eigenvalue weighted by Crippen LogP contribution is -2.00. The highest BCUT2D eigenvalue weighted by Crippen LogP contribution is 2.35. The number of methoxy groups -OCH3 is 1. The summed E-state index contributed by atoms with van der Waals surface area (Å²) in [5.41, 5.74) is 2.94. The van der Waals surface area contributed by atoms with Crippen molar-refractivity contribution in [1.29, 1.82) is 0 Å². The van der Waals surface area contributed by atoms with Crippen molar-refractivity contribution in [2.24, 2.45) is 0 Å². The van der Waals surface area contributed by atoms with Crippen molar-refractivity contribution in [3.8, 4) is 11.5 Å². The predicted molar refractivity (Wildman–Crippen MR) is 97.3 cm³/mol. The summed E-state index contributed by atoms with van der Waals surface area (Å²) < 4.78 is 12.1. The van der Waals surface area contributed by atoms with Gasteiger partial charge >= 0.3 is 0 Å². The molecule has 0 aliphatic heterocycles. The molecule has 0 heterocycles. The lowest BCUT2D eigenvalue weighted by molar-refractivity contribution is -0.400. The van der Waals surface area contributed by atoms with Crippen molar-refractivity contribution in [1.82, 2.24) is 0 Å². The summed E-state index contributed by atoms with van der Waals surface area (Å²) >= 11 is 2.13. The predicted octanol–water partition coefficient (Wildman–Crippen LogP) is 4.43. The first kappa shape index (κ1) is 17.3. The fraction of sp³-hybridized carbons (Fsp3) is 0.176. The van der Waals surface area contributed by atoms with Crippen LogP contribution in [0.4, 0.5) is 0 Å². The maximum atomic E-state index is 10.4. The zero-order valence-corrected chi connectivity index (χ0v) is 14.9. The third-order valence-electron chi connectivity index (χ3n) is 3.14. The van der Waals surface area contributed by atoms with E-state index in [0.717, 1.165) is 15.3 Å². The van der Waals surface area contributed by atoms with Crippen LogP contribution in [0.25, 0.3) is 6.08 Å². The monoisotopic (exact) mass is 425 g/mol. The second-order valence-corrected chi connectivity index (χ2v) is 6.07. The first-order chi connectivity index (χ1) is 11.0. The van der Waals surface area contributed by atoms with Crippen molar-refractivity contribution in [3.05, 3.63) is 73.0 Å². The second kappa shape index (κ2) is 7.96. The Morgan fingerprint density at radius 3 is 2.57 bits per heavy atom. The van der Waals surface area contributed by atoms with E-state index in [-0.39, 0.29) is 0 Å². The van der Waals surface area contributed by atoms with Crippen molar-refractivity contribution < 1.29 is 14.4 Å². The van der Waals surface area contributed by atoms with Gasteiger partial charge in [-0.2, -0.15) is 0 Å². The van der Waals surface area contributed by atoms with Gasteiger partial charge in [-0.1, -0.05) is 29.8 Å². The third kappa shape index (κ3) is 4.95. The van der Waals surface area contributed by atoms with Crippen LogP contribution in [0.2, 0.25) is 0 Å². The number of nitrogens with zero attached hydrogens (tertiary/aromatic N) is 1. The number of halogens is 1. The van der Waals surface area contributed by atoms with E-state index in [1.165, 1.54) is 11.6 Å². The molecule has 23 heavy (non-hydrogen) atoms. The molecule has 0 unspecified atom stereocenters. The van der Waals surface area contributed by atoms with E-state index in [2.05, 4.69) is 22.6 Å². The van der Waals surface area contributed by atoms with Crippen LogP contribution in [0.5, 0.6) is 11.5 Å². The largest absolute Gasteiger partial charge is 0.493 e. The summed E-state index contributed by atoms with van der Waals surface area (Å²) in [6.45, 7) is 2.46. The fourth-order valence-corrected chi connectivity index (χ4v) is 2.74. The quantitative estimate of drug-likeness (QED) is 0.390. The molecule has 120 valence electrons. The average Bonchev–Trinajstić information content (AvgIpc) is 2.53. The zero-order chi connectivity index (χ0) is 16.8. The van der Waals surface area contributed by atoms with Crippen LogP contribution in [-0.4, -0.2) is 12.0 Å². The molecule has 0 saturated carbocycles. The van der Waals surface area contributed by atoms with Crippen LogP contribution in [0, 0.1) is 20.6 Å². The van der Waals surface area contributed by atoms with Crippen LogP contribution in [0.15, 0.2) is 42.6 Å². The molecule has 0 spiro atoms. The van der Waals surface area contributed by atoms with Crippen molar-refractivity contribution in [3.63, 3.8) is 0 Å². The maximum Gasteiger partial charge on any atom is 0.235 e. The minimum absolute atomic E-state index is 0.427. The molecule has 0 N–H and O–H groups in total. The van der Waals surface area contributed by atoms with Gasteiger partial charge < -0.3 is 9.47 Å². The Morgan fingerprint density at radius 1 is 1.26 bits per heavy atom. The summed E-state index contributed by atoms with van der Waals surface area (Å²) in [4.78, 5) is 9.92. The SMILES string of the molecule is COc1cc(C=C[N+](=O)[O-])cc(I)c1OCc1ccc(C)cc1. The molecule has 0 aromatic heterocycles. The van der Waals surface area contributed by atoms with Crippen molar-refractivity contribution >= 4 is 28.7 Å². The van der Waals surface area contributed by atoms with E-state index < -0.39 is 4.92 Å². The van der Waals surface area contributed by atoms with Crippen LogP contribution in [0.1, 0.15) is 16.7 Å². The van der Waals surface area contributed by atoms with Crippen LogP contribution < -0.4 is 9.47 Å². The molecule has 0 aliphatic carbocycles. The smallest absolute Gasteiger partial charge is 0.235 e. The number of hydrogen-bond donors (Lipinski definition) is 0. The lowest BCUT2D eigenvalue weighted by atomic mass is 10.1. The highest BCUT2D eigenvalue weighted by atomic mass is 127. The number of hydrogen-bond acceptors (Lipinski definition) is 4. The van der Waals surface area contributed by atoms with Gasteiger partial charge in [0.25, 0.3) is 0 Å². The van der Waals surface area contributed by atoms with Gasteiger partial charge in [-0.05, 0) is 52.8 Å². The van der Waals surface area contributed by atoms with Gasteiger partial charge in [0.05, 0.1) is 15.6 Å². The molecule has 6 heteroatoms. The molecule has 0 atom stereocenters. The zero-order valence-electron chi connectivity index (χ0n) is 12.8. The summed E-state index contributed by atoms with van der Waals surface area (Å²) in [6.07, 6.45) is 2.33. The minimum Gasteiger partial charge on any atom is -0.493 e. The van der Waals surface area contributed by atoms with Gasteiger partial charge in [-0.3, -0.25) is 10.1 Å². The Labute approximate surface area is 148 Å². The first-order valence-electron chi connectivity index (χ1n) is 6.87. The minimum atomic E-state index is -0.499. The van der Waals surface area contributed by atoms with Crippen molar-refractivity contribution in [2.45, 2.75) is 13.5 Å². The Kier molecular flexibility index (Phi) is 5.97. The molecule has 2 rings (SSSR count). The molecule has 0 bridgehead atoms. The highest BCUT2D eigenvalue weighted by Gasteiger charge is 2.11. The number of aryl methyl sites for hydroxylation is 1. The first-order valence-corrected chi connectivity index (χ1v) is 7.95. The molecular weight excluding hydrogens is 409 g/mol. The standard InChI is InChI=1S/C17H16INO4/c1-12-3-5-13(6-4-12)11-23-17-15(18)9-14(7-8-19(20)21)10-16(17)22-2/h3-10H,11H2,1-2H3. The van der Waals surface area contributed by atoms with E-state index >= 15 is 0 Å². The van der Waals surface area contributed by atoms with Gasteiger partial charge in [-0.15, -0.1) is 0 Å².